The monoisotopic (exact) mass is 540 g/mol. The van der Waals surface area contributed by atoms with E-state index in [1.54, 1.807) is 0 Å². The third-order valence-electron chi connectivity index (χ3n) is 4.37. The van der Waals surface area contributed by atoms with Crippen molar-refractivity contribution in [3.8, 4) is 0 Å². The first-order valence-electron chi connectivity index (χ1n) is 7.24. The van der Waals surface area contributed by atoms with Crippen molar-refractivity contribution in [3.63, 3.8) is 0 Å². The SMILES string of the molecule is [NH2][Ru]([NH2])([NH2])([PH]I)([c]1ccccc1)([c]1ccccc1)[c]1ccccc1. The van der Waals surface area contributed by atoms with Gasteiger partial charge in [-0.2, -0.15) is 0 Å². The minimum atomic E-state index is -5.85. The van der Waals surface area contributed by atoms with Crippen LogP contribution in [0, 0.1) is 0 Å². The van der Waals surface area contributed by atoms with Crippen LogP contribution in [0.1, 0.15) is 0 Å². The third kappa shape index (κ3) is 2.06. The molecule has 0 saturated carbocycles. The predicted octanol–water partition coefficient (Wildman–Crippen LogP) is 2.29. The zero-order valence-corrected chi connectivity index (χ0v) is 18.0. The summed E-state index contributed by atoms with van der Waals surface area (Å²) >= 11 is -3.56. The zero-order chi connectivity index (χ0) is 17.4. The molecule has 0 aliphatic heterocycles. The van der Waals surface area contributed by atoms with E-state index in [9.17, 15) is 0 Å². The predicted molar refractivity (Wildman–Crippen MR) is 113 cm³/mol. The molecule has 6 heteroatoms. The molecule has 24 heavy (non-hydrogen) atoms. The van der Waals surface area contributed by atoms with Gasteiger partial charge in [-0.3, -0.25) is 0 Å². The van der Waals surface area contributed by atoms with Crippen LogP contribution in [0.3, 0.4) is 0 Å². The Morgan fingerprint density at radius 3 is 1.00 bits per heavy atom. The topological polar surface area (TPSA) is 78.1 Å². The van der Waals surface area contributed by atoms with Crippen LogP contribution in [0.2, 0.25) is 0 Å². The molecule has 0 bridgehead atoms. The molecule has 0 aliphatic rings. The molecular formula is C18H22IN3PRu. The van der Waals surface area contributed by atoms with Gasteiger partial charge in [-0.25, -0.2) is 0 Å². The van der Waals surface area contributed by atoms with Crippen molar-refractivity contribution in [2.24, 2.45) is 13.4 Å². The van der Waals surface area contributed by atoms with E-state index >= 15 is 0 Å². The van der Waals surface area contributed by atoms with Gasteiger partial charge in [-0.15, -0.1) is 0 Å². The molecule has 1 atom stereocenters. The molecule has 0 amide bonds. The summed E-state index contributed by atoms with van der Waals surface area (Å²) in [5, 5.41) is 0. The van der Waals surface area contributed by atoms with Gasteiger partial charge in [0.05, 0.1) is 0 Å². The molecular weight excluding hydrogens is 517 g/mol. The maximum atomic E-state index is 7.50. The molecule has 0 fully saturated rings. The Balaban J connectivity index is 2.67. The molecule has 3 nitrogen and oxygen atoms in total. The molecule has 3 aromatic rings. The summed E-state index contributed by atoms with van der Waals surface area (Å²) in [6.45, 7) is 0. The maximum absolute atomic E-state index is 7.50. The van der Waals surface area contributed by atoms with Crippen molar-refractivity contribution in [1.29, 1.82) is 0 Å². The van der Waals surface area contributed by atoms with Gasteiger partial charge in [0, 0.05) is 0 Å². The number of nitrogens with two attached hydrogens (primary N) is 3. The van der Waals surface area contributed by atoms with E-state index in [0.717, 1.165) is 12.5 Å². The minimum absolute atomic E-state index is 0.0822. The van der Waals surface area contributed by atoms with Crippen molar-refractivity contribution in [2.75, 3.05) is 0 Å². The fourth-order valence-corrected chi connectivity index (χ4v) is 27.0. The van der Waals surface area contributed by atoms with Crippen molar-refractivity contribution in [1.82, 2.24) is 0 Å². The van der Waals surface area contributed by atoms with Crippen molar-refractivity contribution >= 4 is 39.1 Å². The molecule has 6 N–H and O–H groups in total. The van der Waals surface area contributed by atoms with Crippen LogP contribution >= 0.6 is 26.6 Å². The third-order valence-corrected chi connectivity index (χ3v) is 45.0. The van der Waals surface area contributed by atoms with Crippen LogP contribution in [-0.4, -0.2) is 0 Å². The van der Waals surface area contributed by atoms with E-state index in [0.29, 0.717) is 0 Å². The summed E-state index contributed by atoms with van der Waals surface area (Å²) in [5.74, 6) is 0. The molecule has 3 aromatic carbocycles. The molecule has 0 heterocycles. The van der Waals surface area contributed by atoms with E-state index in [2.05, 4.69) is 22.0 Å². The summed E-state index contributed by atoms with van der Waals surface area (Å²) in [6, 6.07) is 29.4. The van der Waals surface area contributed by atoms with Crippen molar-refractivity contribution < 1.29 is 11.5 Å². The van der Waals surface area contributed by atoms with Crippen LogP contribution in [0.15, 0.2) is 91.0 Å². The summed E-state index contributed by atoms with van der Waals surface area (Å²) in [6.07, 6.45) is 0. The molecule has 0 aliphatic carbocycles. The van der Waals surface area contributed by atoms with Gasteiger partial charge in [0.1, 0.15) is 0 Å². The van der Waals surface area contributed by atoms with Gasteiger partial charge in [0.25, 0.3) is 0 Å². The van der Waals surface area contributed by atoms with Gasteiger partial charge in [-0.05, 0) is 0 Å². The number of rotatable bonds is 4. The van der Waals surface area contributed by atoms with E-state index in [1.807, 2.05) is 91.0 Å². The average molecular weight is 539 g/mol. The van der Waals surface area contributed by atoms with Gasteiger partial charge in [-0.1, -0.05) is 0 Å². The number of hydrogen-bond donors (Lipinski definition) is 3. The zero-order valence-electron chi connectivity index (χ0n) is 13.1. The summed E-state index contributed by atoms with van der Waals surface area (Å²) < 4.78 is 25.0. The van der Waals surface area contributed by atoms with Crippen LogP contribution in [-0.2, 0) is 11.5 Å². The van der Waals surface area contributed by atoms with E-state index in [-0.39, 0.29) is 4.56 Å². The second-order valence-corrected chi connectivity index (χ2v) is 34.0. The van der Waals surface area contributed by atoms with Gasteiger partial charge >= 0.3 is 155 Å². The van der Waals surface area contributed by atoms with E-state index in [4.69, 9.17) is 13.4 Å². The van der Waals surface area contributed by atoms with E-state index < -0.39 is 11.5 Å². The standard InChI is InChI=1S/3C6H5.HIP.3H2N.Ru/c3*1-2-4-6-5-3-1;1-2;;;;/h3*1-5H;2H;3*1H2;/q;;;4*-1;+4. The molecule has 129 valence electrons. The second-order valence-electron chi connectivity index (χ2n) is 6.02. The second kappa shape index (κ2) is 4.94. The van der Waals surface area contributed by atoms with Crippen LogP contribution in [0.5, 0.6) is 0 Å². The van der Waals surface area contributed by atoms with Crippen LogP contribution in [0.4, 0.5) is 0 Å². The van der Waals surface area contributed by atoms with E-state index in [1.165, 1.54) is 0 Å². The van der Waals surface area contributed by atoms with Gasteiger partial charge in [0.15, 0.2) is 0 Å². The van der Waals surface area contributed by atoms with Gasteiger partial charge < -0.3 is 0 Å². The first kappa shape index (κ1) is 18.1. The molecule has 3 rings (SSSR count). The Labute approximate surface area is 154 Å². The summed E-state index contributed by atoms with van der Waals surface area (Å²) in [5.41, 5.74) is 0. The first-order chi connectivity index (χ1) is 11.2. The quantitative estimate of drug-likeness (QED) is 0.271. The molecule has 0 saturated heterocycles. The summed E-state index contributed by atoms with van der Waals surface area (Å²) in [4.78, 5) is 0. The number of halogens is 1. The Kier molecular flexibility index (Phi) is 3.73. The molecule has 0 spiro atoms. The average Bonchev–Trinajstić information content (AvgIpc) is 2.65. The van der Waals surface area contributed by atoms with Crippen LogP contribution in [0.25, 0.3) is 0 Å². The van der Waals surface area contributed by atoms with Crippen molar-refractivity contribution in [2.45, 2.75) is 0 Å². The molecule has 0 radical (unpaired) electrons. The molecule has 1 unspecified atom stereocenters. The fourth-order valence-electron chi connectivity index (χ4n) is 2.84. The summed E-state index contributed by atoms with van der Waals surface area (Å²) in [7, 11) is 0. The fraction of sp³-hybridized carbons (Fsp3) is 0. The number of benzene rings is 3. The Morgan fingerprint density at radius 2 is 0.792 bits per heavy atom. The Hall–Kier alpha value is -0.677. The van der Waals surface area contributed by atoms with Gasteiger partial charge in [0.2, 0.25) is 0 Å². The van der Waals surface area contributed by atoms with Crippen LogP contribution < -0.4 is 25.9 Å². The number of hydrogen-bond acceptors (Lipinski definition) is 3. The Morgan fingerprint density at radius 1 is 0.542 bits per heavy atom. The molecule has 0 aromatic heterocycles. The normalized spacial score (nSPS) is 16.9. The van der Waals surface area contributed by atoms with Crippen molar-refractivity contribution in [3.05, 3.63) is 91.0 Å². The Bertz CT molecular complexity index is 792. The first-order valence-corrected chi connectivity index (χ1v) is 19.4.